The highest BCUT2D eigenvalue weighted by Crippen LogP contribution is 2.18. The van der Waals surface area contributed by atoms with E-state index in [1.54, 1.807) is 0 Å². The van der Waals surface area contributed by atoms with Crippen molar-refractivity contribution in [1.82, 2.24) is 10.2 Å². The highest BCUT2D eigenvalue weighted by molar-refractivity contribution is 5.76. The van der Waals surface area contributed by atoms with Crippen molar-refractivity contribution in [3.63, 3.8) is 0 Å². The Labute approximate surface area is 166 Å². The van der Waals surface area contributed by atoms with Gasteiger partial charge in [0.05, 0.1) is 31.5 Å². The number of rotatable bonds is 9. The summed E-state index contributed by atoms with van der Waals surface area (Å²) in [4.78, 5) is 2.48. The first-order chi connectivity index (χ1) is 12.2. The number of hydrogen-bond acceptors (Lipinski definition) is 3. The summed E-state index contributed by atoms with van der Waals surface area (Å²) in [6.45, 7) is 8.74. The highest BCUT2D eigenvalue weighted by Gasteiger charge is 2.30. The van der Waals surface area contributed by atoms with Crippen LogP contribution in [-0.2, 0) is 0 Å². The Balaban J connectivity index is 0.00000338. The Kier molecular flexibility index (Phi) is 10.2. The maximum absolute atomic E-state index is 3.45. The summed E-state index contributed by atoms with van der Waals surface area (Å²) >= 11 is 0. The van der Waals surface area contributed by atoms with Gasteiger partial charge >= 0.3 is 5.96 Å². The molecular weight excluding hydrogens is 344 g/mol. The van der Waals surface area contributed by atoms with E-state index in [9.17, 15) is 0 Å². The number of unbranched alkanes of at least 4 members (excludes halogenated alkanes) is 4. The van der Waals surface area contributed by atoms with E-state index in [1.807, 2.05) is 7.05 Å². The zero-order chi connectivity index (χ0) is 18.1. The highest BCUT2D eigenvalue weighted by atomic mass is 35.5. The molecule has 1 N–H and O–H groups in total. The third-order valence-corrected chi connectivity index (χ3v) is 4.83. The van der Waals surface area contributed by atoms with Crippen molar-refractivity contribution in [3.8, 4) is 0 Å². The van der Waals surface area contributed by atoms with Crippen LogP contribution in [0.3, 0.4) is 0 Å². The van der Waals surface area contributed by atoms with Gasteiger partial charge in [0.15, 0.2) is 0 Å². The van der Waals surface area contributed by atoms with Gasteiger partial charge in [0.25, 0.3) is 0 Å². The van der Waals surface area contributed by atoms with E-state index in [1.165, 1.54) is 37.8 Å². The molecule has 1 aliphatic heterocycles. The van der Waals surface area contributed by atoms with Crippen LogP contribution >= 0.6 is 0 Å². The lowest BCUT2D eigenvalue weighted by molar-refractivity contribution is -0.482. The van der Waals surface area contributed by atoms with Crippen LogP contribution in [-0.4, -0.2) is 41.7 Å². The van der Waals surface area contributed by atoms with Gasteiger partial charge < -0.3 is 12.4 Å². The lowest BCUT2D eigenvalue weighted by Gasteiger charge is -2.33. The minimum atomic E-state index is 0. The van der Waals surface area contributed by atoms with Crippen molar-refractivity contribution < 1.29 is 17.1 Å². The Morgan fingerprint density at radius 2 is 1.77 bits per heavy atom. The average molecular weight is 379 g/mol. The fourth-order valence-electron chi connectivity index (χ4n) is 3.41. The fourth-order valence-corrected chi connectivity index (χ4v) is 3.41. The number of guanidine groups is 1. The Morgan fingerprint density at radius 1 is 1.08 bits per heavy atom. The second-order valence-corrected chi connectivity index (χ2v) is 6.66. The maximum atomic E-state index is 3.45. The molecule has 26 heavy (non-hydrogen) atoms. The molecule has 0 saturated heterocycles. The van der Waals surface area contributed by atoms with Gasteiger partial charge in [-0.05, 0) is 38.5 Å². The lowest BCUT2D eigenvalue weighted by Crippen LogP contribution is -3.00. The summed E-state index contributed by atoms with van der Waals surface area (Å²) in [5.74, 6) is 1.16. The van der Waals surface area contributed by atoms with Crippen molar-refractivity contribution in [2.75, 3.05) is 25.1 Å². The van der Waals surface area contributed by atoms with Gasteiger partial charge in [-0.25, -0.2) is 5.01 Å². The molecule has 0 fully saturated rings. The first-order valence-corrected chi connectivity index (χ1v) is 9.84. The van der Waals surface area contributed by atoms with Gasteiger partial charge in [-0.1, -0.05) is 50.8 Å². The van der Waals surface area contributed by atoms with Crippen LogP contribution in [0, 0.1) is 0 Å². The van der Waals surface area contributed by atoms with E-state index in [4.69, 9.17) is 0 Å². The molecule has 0 spiro atoms. The summed E-state index contributed by atoms with van der Waals surface area (Å²) in [7, 11) is 2.02. The van der Waals surface area contributed by atoms with Gasteiger partial charge in [0, 0.05) is 6.54 Å². The lowest BCUT2D eigenvalue weighted by atomic mass is 10.1. The van der Waals surface area contributed by atoms with Crippen LogP contribution in [0.4, 0.5) is 5.69 Å². The molecule has 1 aromatic rings. The molecule has 146 valence electrons. The number of para-hydroxylation sites is 1. The van der Waals surface area contributed by atoms with Crippen molar-refractivity contribution in [3.05, 3.63) is 42.6 Å². The summed E-state index contributed by atoms with van der Waals surface area (Å²) in [6.07, 6.45) is 11.0. The van der Waals surface area contributed by atoms with Crippen LogP contribution in [0.2, 0.25) is 0 Å². The molecule has 4 nitrogen and oxygen atoms in total. The molecule has 0 amide bonds. The van der Waals surface area contributed by atoms with Crippen molar-refractivity contribution in [1.29, 1.82) is 0 Å². The predicted octanol–water partition coefficient (Wildman–Crippen LogP) is 1.21. The Hall–Kier alpha value is -1.68. The van der Waals surface area contributed by atoms with Gasteiger partial charge in [-0.2, -0.15) is 0 Å². The first-order valence-electron chi connectivity index (χ1n) is 9.84. The van der Waals surface area contributed by atoms with Crippen LogP contribution in [0.15, 0.2) is 42.6 Å². The van der Waals surface area contributed by atoms with Crippen LogP contribution < -0.4 is 22.7 Å². The Bertz CT molecular complexity index is 571. The van der Waals surface area contributed by atoms with Crippen molar-refractivity contribution in [2.24, 2.45) is 0 Å². The van der Waals surface area contributed by atoms with Gasteiger partial charge in [-0.3, -0.25) is 10.2 Å². The molecule has 0 bridgehead atoms. The van der Waals surface area contributed by atoms with Crippen molar-refractivity contribution >= 4 is 11.6 Å². The fraction of sp³-hybridized carbons (Fsp3) is 0.571. The number of hydrazine groups is 1. The number of hydrazone groups is 1. The molecule has 2 rings (SSSR count). The number of nitrogens with zero attached hydrogens (tertiary/aromatic N) is 3. The first kappa shape index (κ1) is 22.4. The summed E-state index contributed by atoms with van der Waals surface area (Å²) < 4.78 is 2.25. The molecule has 1 atom stereocenters. The molecule has 5 heteroatoms. The van der Waals surface area contributed by atoms with Crippen LogP contribution in [0.5, 0.6) is 0 Å². The summed E-state index contributed by atoms with van der Waals surface area (Å²) in [5.41, 5.74) is 1.21. The van der Waals surface area contributed by atoms with E-state index in [0.29, 0.717) is 6.04 Å². The number of hydrogen-bond donors (Lipinski definition) is 1. The van der Waals surface area contributed by atoms with Gasteiger partial charge in [0.1, 0.15) is 0 Å². The van der Waals surface area contributed by atoms with Crippen molar-refractivity contribution in [2.45, 2.75) is 58.9 Å². The zero-order valence-electron chi connectivity index (χ0n) is 16.8. The second-order valence-electron chi connectivity index (χ2n) is 6.66. The Morgan fingerprint density at radius 3 is 2.38 bits per heavy atom. The molecule has 1 heterocycles. The minimum absolute atomic E-state index is 0. The van der Waals surface area contributed by atoms with E-state index >= 15 is 0 Å². The third-order valence-electron chi connectivity index (χ3n) is 4.83. The van der Waals surface area contributed by atoms with Crippen LogP contribution in [0.1, 0.15) is 52.9 Å². The van der Waals surface area contributed by atoms with E-state index in [2.05, 4.69) is 83.3 Å². The van der Waals surface area contributed by atoms with Crippen LogP contribution in [0.25, 0.3) is 0 Å². The molecule has 1 unspecified atom stereocenters. The van der Waals surface area contributed by atoms with Gasteiger partial charge in [-0.15, -0.1) is 4.68 Å². The maximum Gasteiger partial charge on any atom is 0.375 e. The zero-order valence-corrected chi connectivity index (χ0v) is 17.5. The quantitative estimate of drug-likeness (QED) is 0.515. The van der Waals surface area contributed by atoms with E-state index < -0.39 is 0 Å². The molecule has 1 aromatic carbocycles. The monoisotopic (exact) mass is 378 g/mol. The van der Waals surface area contributed by atoms with E-state index in [-0.39, 0.29) is 12.4 Å². The second kappa shape index (κ2) is 11.8. The molecule has 0 aliphatic carbocycles. The number of benzene rings is 1. The smallest absolute Gasteiger partial charge is 0.375 e. The van der Waals surface area contributed by atoms with Gasteiger partial charge in [0.2, 0.25) is 0 Å². The molecule has 0 radical (unpaired) electrons. The number of halogens is 1. The predicted molar refractivity (Wildman–Crippen MR) is 108 cm³/mol. The molecule has 0 aromatic heterocycles. The normalized spacial score (nSPS) is 16.5. The summed E-state index contributed by atoms with van der Waals surface area (Å²) in [5, 5.41) is 5.75. The SMILES string of the molecule is CCCCCCCN1C(NC)=[N+](N(CC)c2ccccc2)C=CC1C.[Cl-]. The number of nitrogens with one attached hydrogen (secondary N) is 1. The molecular formula is C21H35ClN4. The molecule has 0 saturated carbocycles. The number of anilines is 1. The third kappa shape index (κ3) is 5.66. The topological polar surface area (TPSA) is 21.5 Å². The molecule has 1 aliphatic rings. The average Bonchev–Trinajstić information content (AvgIpc) is 2.65. The standard InChI is InChI=1S/C21H34N4.ClH/c1-5-7-8-9-13-17-23-19(3)16-18-25(21(23)22-4)24(6-2)20-14-11-10-12-15-20;/h10-12,14-16,18-19H,5-9,13,17H2,1-4H3;1H. The van der Waals surface area contributed by atoms with E-state index in [0.717, 1.165) is 19.0 Å². The summed E-state index contributed by atoms with van der Waals surface area (Å²) in [6, 6.07) is 11.0. The largest absolute Gasteiger partial charge is 1.00 e. The minimum Gasteiger partial charge on any atom is -1.00 e.